The third-order valence-electron chi connectivity index (χ3n) is 3.31. The van der Waals surface area contributed by atoms with Crippen molar-refractivity contribution in [2.45, 2.75) is 17.5 Å². The highest BCUT2D eigenvalue weighted by Crippen LogP contribution is 2.26. The summed E-state index contributed by atoms with van der Waals surface area (Å²) in [4.78, 5) is 7.88. The number of thioether (sulfide) groups is 1. The highest BCUT2D eigenvalue weighted by Gasteiger charge is 2.06. The van der Waals surface area contributed by atoms with Crippen LogP contribution < -0.4 is 10.5 Å². The fraction of sp³-hybridized carbons (Fsp3) is 0.188. The van der Waals surface area contributed by atoms with Gasteiger partial charge in [-0.05, 0) is 29.8 Å². The molecule has 108 valence electrons. The number of benzene rings is 2. The zero-order valence-corrected chi connectivity index (χ0v) is 12.6. The highest BCUT2D eigenvalue weighted by atomic mass is 32.2. The van der Waals surface area contributed by atoms with Gasteiger partial charge in [0.15, 0.2) is 5.16 Å². The Morgan fingerprint density at radius 1 is 1.24 bits per heavy atom. The number of H-pyrrole nitrogens is 1. The van der Waals surface area contributed by atoms with Crippen molar-refractivity contribution in [1.29, 1.82) is 0 Å². The van der Waals surface area contributed by atoms with Crippen molar-refractivity contribution < 1.29 is 4.74 Å². The number of para-hydroxylation sites is 2. The second-order valence-corrected chi connectivity index (χ2v) is 5.66. The Morgan fingerprint density at radius 2 is 2.10 bits per heavy atom. The third-order valence-corrected chi connectivity index (χ3v) is 4.25. The van der Waals surface area contributed by atoms with Crippen LogP contribution >= 0.6 is 11.8 Å². The Labute approximate surface area is 127 Å². The van der Waals surface area contributed by atoms with E-state index in [1.54, 1.807) is 18.9 Å². The van der Waals surface area contributed by atoms with Gasteiger partial charge in [0.25, 0.3) is 0 Å². The van der Waals surface area contributed by atoms with Gasteiger partial charge >= 0.3 is 0 Å². The van der Waals surface area contributed by atoms with Crippen LogP contribution in [-0.4, -0.2) is 17.1 Å². The van der Waals surface area contributed by atoms with Crippen LogP contribution in [0.3, 0.4) is 0 Å². The van der Waals surface area contributed by atoms with Gasteiger partial charge in [-0.25, -0.2) is 4.98 Å². The van der Waals surface area contributed by atoms with Crippen LogP contribution in [0.5, 0.6) is 5.75 Å². The Kier molecular flexibility index (Phi) is 4.13. The minimum absolute atomic E-state index is 0.478. The van der Waals surface area contributed by atoms with Crippen LogP contribution in [0.1, 0.15) is 11.1 Å². The summed E-state index contributed by atoms with van der Waals surface area (Å²) in [5.74, 6) is 1.69. The predicted molar refractivity (Wildman–Crippen MR) is 86.5 cm³/mol. The number of nitrogens with zero attached hydrogens (tertiary/aromatic N) is 1. The van der Waals surface area contributed by atoms with Crippen molar-refractivity contribution in [3.63, 3.8) is 0 Å². The number of fused-ring (bicyclic) bond motifs is 1. The molecular weight excluding hydrogens is 282 g/mol. The molecular formula is C16H17N3OS. The molecule has 0 saturated carbocycles. The van der Waals surface area contributed by atoms with E-state index in [4.69, 9.17) is 10.5 Å². The maximum Gasteiger partial charge on any atom is 0.166 e. The quantitative estimate of drug-likeness (QED) is 0.709. The normalized spacial score (nSPS) is 11.0. The van der Waals surface area contributed by atoms with Gasteiger partial charge in [0.05, 0.1) is 18.1 Å². The standard InChI is InChI=1S/C16H17N3OS/c1-20-15-7-6-11(8-12(15)9-17)10-21-16-18-13-4-2-3-5-14(13)19-16/h2-8H,9-10,17H2,1H3,(H,18,19). The monoisotopic (exact) mass is 299 g/mol. The first-order valence-corrected chi connectivity index (χ1v) is 7.72. The molecule has 21 heavy (non-hydrogen) atoms. The first kappa shape index (κ1) is 14.0. The molecule has 5 heteroatoms. The third kappa shape index (κ3) is 3.04. The van der Waals surface area contributed by atoms with Gasteiger partial charge in [0, 0.05) is 17.9 Å². The van der Waals surface area contributed by atoms with Crippen molar-refractivity contribution in [1.82, 2.24) is 9.97 Å². The maximum atomic E-state index is 5.75. The van der Waals surface area contributed by atoms with E-state index in [9.17, 15) is 0 Å². The summed E-state index contributed by atoms with van der Waals surface area (Å²) in [7, 11) is 1.66. The summed E-state index contributed by atoms with van der Waals surface area (Å²) < 4.78 is 5.29. The molecule has 0 amide bonds. The van der Waals surface area contributed by atoms with Crippen LogP contribution in [0, 0.1) is 0 Å². The maximum absolute atomic E-state index is 5.75. The summed E-state index contributed by atoms with van der Waals surface area (Å²) in [6.45, 7) is 0.478. The van der Waals surface area contributed by atoms with Gasteiger partial charge in [0.1, 0.15) is 5.75 Å². The van der Waals surface area contributed by atoms with Crippen molar-refractivity contribution in [2.75, 3.05) is 7.11 Å². The van der Waals surface area contributed by atoms with Crippen molar-refractivity contribution in [2.24, 2.45) is 5.73 Å². The molecule has 0 atom stereocenters. The lowest BCUT2D eigenvalue weighted by Gasteiger charge is -2.08. The molecule has 0 saturated heterocycles. The number of nitrogens with two attached hydrogens (primary N) is 1. The van der Waals surface area contributed by atoms with Gasteiger partial charge in [-0.15, -0.1) is 0 Å². The molecule has 0 unspecified atom stereocenters. The number of hydrogen-bond donors (Lipinski definition) is 2. The van der Waals surface area contributed by atoms with E-state index in [-0.39, 0.29) is 0 Å². The molecule has 3 N–H and O–H groups in total. The Balaban J connectivity index is 1.75. The molecule has 0 aliphatic heterocycles. The van der Waals surface area contributed by atoms with E-state index in [0.717, 1.165) is 33.3 Å². The highest BCUT2D eigenvalue weighted by molar-refractivity contribution is 7.98. The Bertz CT molecular complexity index is 721. The number of methoxy groups -OCH3 is 1. The first-order valence-electron chi connectivity index (χ1n) is 6.73. The SMILES string of the molecule is COc1ccc(CSc2nc3ccccc3[nH]2)cc1CN. The number of ether oxygens (including phenoxy) is 1. The lowest BCUT2D eigenvalue weighted by atomic mass is 10.1. The van der Waals surface area contributed by atoms with Crippen molar-refractivity contribution >= 4 is 22.8 Å². The second kappa shape index (κ2) is 6.20. The van der Waals surface area contributed by atoms with Crippen molar-refractivity contribution in [3.8, 4) is 5.75 Å². The molecule has 0 aliphatic carbocycles. The fourth-order valence-electron chi connectivity index (χ4n) is 2.23. The van der Waals surface area contributed by atoms with Gasteiger partial charge in [-0.2, -0.15) is 0 Å². The summed E-state index contributed by atoms with van der Waals surface area (Å²) in [5, 5.41) is 0.932. The second-order valence-electron chi connectivity index (χ2n) is 4.70. The van der Waals surface area contributed by atoms with Gasteiger partial charge in [-0.1, -0.05) is 30.0 Å². The molecule has 4 nitrogen and oxygen atoms in total. The van der Waals surface area contributed by atoms with E-state index in [0.29, 0.717) is 6.54 Å². The van der Waals surface area contributed by atoms with E-state index < -0.39 is 0 Å². The summed E-state index contributed by atoms with van der Waals surface area (Å²) >= 11 is 1.68. The first-order chi connectivity index (χ1) is 10.3. The van der Waals surface area contributed by atoms with Crippen LogP contribution in [0.2, 0.25) is 0 Å². The zero-order chi connectivity index (χ0) is 14.7. The predicted octanol–water partition coefficient (Wildman–Crippen LogP) is 3.32. The van der Waals surface area contributed by atoms with Crippen LogP contribution in [0.4, 0.5) is 0 Å². The van der Waals surface area contributed by atoms with Crippen LogP contribution in [-0.2, 0) is 12.3 Å². The summed E-state index contributed by atoms with van der Waals surface area (Å²) in [6, 6.07) is 14.2. The number of aromatic amines is 1. The number of hydrogen-bond acceptors (Lipinski definition) is 4. The van der Waals surface area contributed by atoms with Gasteiger partial charge < -0.3 is 15.5 Å². The van der Waals surface area contributed by atoms with E-state index in [1.807, 2.05) is 30.3 Å². The number of nitrogens with one attached hydrogen (secondary N) is 1. The molecule has 0 aliphatic rings. The number of rotatable bonds is 5. The minimum atomic E-state index is 0.478. The molecule has 2 aromatic carbocycles. The van der Waals surface area contributed by atoms with Gasteiger partial charge in [-0.3, -0.25) is 0 Å². The number of imidazole rings is 1. The number of aromatic nitrogens is 2. The molecule has 0 bridgehead atoms. The largest absolute Gasteiger partial charge is 0.496 e. The van der Waals surface area contributed by atoms with E-state index >= 15 is 0 Å². The zero-order valence-electron chi connectivity index (χ0n) is 11.8. The fourth-order valence-corrected chi connectivity index (χ4v) is 3.06. The molecule has 0 fully saturated rings. The molecule has 3 aromatic rings. The van der Waals surface area contributed by atoms with Crippen LogP contribution in [0.15, 0.2) is 47.6 Å². The minimum Gasteiger partial charge on any atom is -0.496 e. The van der Waals surface area contributed by atoms with Gasteiger partial charge in [0.2, 0.25) is 0 Å². The summed E-state index contributed by atoms with van der Waals surface area (Å²) in [6.07, 6.45) is 0. The molecule has 0 radical (unpaired) electrons. The smallest absolute Gasteiger partial charge is 0.166 e. The molecule has 1 heterocycles. The van der Waals surface area contributed by atoms with E-state index in [1.165, 1.54) is 5.56 Å². The topological polar surface area (TPSA) is 63.9 Å². The van der Waals surface area contributed by atoms with Crippen molar-refractivity contribution in [3.05, 3.63) is 53.6 Å². The average Bonchev–Trinajstić information content (AvgIpc) is 2.95. The Morgan fingerprint density at radius 3 is 2.86 bits per heavy atom. The molecule has 1 aromatic heterocycles. The Hall–Kier alpha value is -1.98. The lowest BCUT2D eigenvalue weighted by molar-refractivity contribution is 0.409. The molecule has 0 spiro atoms. The lowest BCUT2D eigenvalue weighted by Crippen LogP contribution is -2.00. The van der Waals surface area contributed by atoms with Crippen LogP contribution in [0.25, 0.3) is 11.0 Å². The summed E-state index contributed by atoms with van der Waals surface area (Å²) in [5.41, 5.74) is 10.1. The average molecular weight is 299 g/mol. The van der Waals surface area contributed by atoms with E-state index in [2.05, 4.69) is 22.1 Å². The molecule has 3 rings (SSSR count).